The van der Waals surface area contributed by atoms with E-state index in [1.54, 1.807) is 0 Å². The van der Waals surface area contributed by atoms with Crippen LogP contribution < -0.4 is 5.32 Å². The van der Waals surface area contributed by atoms with Crippen molar-refractivity contribution in [3.8, 4) is 0 Å². The van der Waals surface area contributed by atoms with Gasteiger partial charge in [0.1, 0.15) is 0 Å². The molecule has 0 aliphatic carbocycles. The predicted octanol–water partition coefficient (Wildman–Crippen LogP) is 2.30. The zero-order chi connectivity index (χ0) is 11.6. The van der Waals surface area contributed by atoms with Crippen molar-refractivity contribution in [2.24, 2.45) is 0 Å². The van der Waals surface area contributed by atoms with Crippen molar-refractivity contribution < 1.29 is 4.74 Å². The van der Waals surface area contributed by atoms with Gasteiger partial charge in [0.05, 0.1) is 0 Å². The van der Waals surface area contributed by atoms with Crippen LogP contribution in [0.2, 0.25) is 0 Å². The molecule has 0 aliphatic rings. The molecule has 1 rings (SSSR count). The molecular formula is C13H22N2O. The van der Waals surface area contributed by atoms with Gasteiger partial charge in [-0.15, -0.1) is 0 Å². The number of unbranched alkanes of at least 4 members (excludes halogenated alkanes) is 1. The van der Waals surface area contributed by atoms with Crippen LogP contribution >= 0.6 is 0 Å². The molecule has 3 heteroatoms. The Morgan fingerprint density at radius 3 is 3.00 bits per heavy atom. The highest BCUT2D eigenvalue weighted by Gasteiger charge is 1.96. The Morgan fingerprint density at radius 1 is 1.38 bits per heavy atom. The fourth-order valence-electron chi connectivity index (χ4n) is 1.53. The smallest absolute Gasteiger partial charge is 0.0466 e. The monoisotopic (exact) mass is 222 g/mol. The molecule has 0 saturated carbocycles. The van der Waals surface area contributed by atoms with Gasteiger partial charge in [0.15, 0.2) is 0 Å². The predicted molar refractivity (Wildman–Crippen MR) is 66.4 cm³/mol. The van der Waals surface area contributed by atoms with E-state index in [0.717, 1.165) is 38.4 Å². The second-order valence-corrected chi connectivity index (χ2v) is 3.83. The van der Waals surface area contributed by atoms with Gasteiger partial charge in [-0.1, -0.05) is 6.07 Å². The molecule has 1 N–H and O–H groups in total. The molecule has 1 aromatic heterocycles. The quantitative estimate of drug-likeness (QED) is 0.685. The molecule has 1 heterocycles. The molecule has 0 radical (unpaired) electrons. The second-order valence-electron chi connectivity index (χ2n) is 3.83. The highest BCUT2D eigenvalue weighted by molar-refractivity contribution is 5.17. The molecular weight excluding hydrogens is 200 g/mol. The van der Waals surface area contributed by atoms with Crippen LogP contribution in [0.15, 0.2) is 18.3 Å². The number of nitrogens with zero attached hydrogens (tertiary/aromatic N) is 1. The van der Waals surface area contributed by atoms with Crippen LogP contribution in [0.1, 0.15) is 31.0 Å². The summed E-state index contributed by atoms with van der Waals surface area (Å²) in [7, 11) is 0. The average molecular weight is 222 g/mol. The molecule has 0 unspecified atom stereocenters. The van der Waals surface area contributed by atoms with Crippen molar-refractivity contribution in [3.05, 3.63) is 29.6 Å². The Kier molecular flexibility index (Phi) is 6.77. The van der Waals surface area contributed by atoms with Crippen molar-refractivity contribution in [1.29, 1.82) is 0 Å². The van der Waals surface area contributed by atoms with Crippen molar-refractivity contribution in [1.82, 2.24) is 10.3 Å². The molecule has 0 aliphatic heterocycles. The number of hydrogen-bond acceptors (Lipinski definition) is 3. The van der Waals surface area contributed by atoms with E-state index in [1.807, 2.05) is 26.1 Å². The standard InChI is InChI=1S/C13H22N2O/c1-3-16-10-5-4-8-14-11-13-7-6-9-15-12(13)2/h6-7,9,14H,3-5,8,10-11H2,1-2H3. The summed E-state index contributed by atoms with van der Waals surface area (Å²) in [5, 5.41) is 3.42. The highest BCUT2D eigenvalue weighted by atomic mass is 16.5. The molecule has 0 amide bonds. The minimum absolute atomic E-state index is 0.822. The maximum Gasteiger partial charge on any atom is 0.0466 e. The summed E-state index contributed by atoms with van der Waals surface area (Å²) in [6.45, 7) is 7.73. The van der Waals surface area contributed by atoms with Gasteiger partial charge in [0, 0.05) is 31.6 Å². The molecule has 1 aromatic rings. The van der Waals surface area contributed by atoms with Gasteiger partial charge >= 0.3 is 0 Å². The van der Waals surface area contributed by atoms with Crippen molar-refractivity contribution in [2.45, 2.75) is 33.2 Å². The van der Waals surface area contributed by atoms with E-state index >= 15 is 0 Å². The molecule has 0 fully saturated rings. The molecule has 0 bridgehead atoms. The van der Waals surface area contributed by atoms with Crippen molar-refractivity contribution in [2.75, 3.05) is 19.8 Å². The molecule has 3 nitrogen and oxygen atoms in total. The lowest BCUT2D eigenvalue weighted by atomic mass is 10.2. The van der Waals surface area contributed by atoms with Gasteiger partial charge in [-0.25, -0.2) is 0 Å². The summed E-state index contributed by atoms with van der Waals surface area (Å²) in [5.41, 5.74) is 2.40. The highest BCUT2D eigenvalue weighted by Crippen LogP contribution is 2.02. The Hall–Kier alpha value is -0.930. The van der Waals surface area contributed by atoms with Gasteiger partial charge in [-0.05, 0) is 44.9 Å². The maximum absolute atomic E-state index is 5.28. The number of pyridine rings is 1. The van der Waals surface area contributed by atoms with Crippen LogP contribution in [-0.2, 0) is 11.3 Å². The van der Waals surface area contributed by atoms with E-state index in [2.05, 4.69) is 16.4 Å². The zero-order valence-electron chi connectivity index (χ0n) is 10.3. The lowest BCUT2D eigenvalue weighted by Crippen LogP contribution is -2.16. The van der Waals surface area contributed by atoms with Crippen LogP contribution in [0.4, 0.5) is 0 Å². The van der Waals surface area contributed by atoms with E-state index in [0.29, 0.717) is 0 Å². The topological polar surface area (TPSA) is 34.1 Å². The van der Waals surface area contributed by atoms with Gasteiger partial charge in [-0.2, -0.15) is 0 Å². The number of nitrogens with one attached hydrogen (secondary N) is 1. The number of aromatic nitrogens is 1. The third kappa shape index (κ3) is 5.24. The first-order valence-electron chi connectivity index (χ1n) is 6.03. The number of aryl methyl sites for hydroxylation is 1. The van der Waals surface area contributed by atoms with Gasteiger partial charge in [0.25, 0.3) is 0 Å². The largest absolute Gasteiger partial charge is 0.382 e. The third-order valence-corrected chi connectivity index (χ3v) is 2.53. The van der Waals surface area contributed by atoms with Gasteiger partial charge < -0.3 is 10.1 Å². The number of hydrogen-bond donors (Lipinski definition) is 1. The van der Waals surface area contributed by atoms with Crippen LogP contribution in [0, 0.1) is 6.92 Å². The summed E-state index contributed by atoms with van der Waals surface area (Å²) in [6, 6.07) is 4.11. The molecule has 0 spiro atoms. The third-order valence-electron chi connectivity index (χ3n) is 2.53. The summed E-state index contributed by atoms with van der Waals surface area (Å²) in [4.78, 5) is 4.26. The summed E-state index contributed by atoms with van der Waals surface area (Å²) in [5.74, 6) is 0. The molecule has 90 valence electrons. The first-order chi connectivity index (χ1) is 7.84. The minimum Gasteiger partial charge on any atom is -0.382 e. The van der Waals surface area contributed by atoms with Crippen molar-refractivity contribution in [3.63, 3.8) is 0 Å². The normalized spacial score (nSPS) is 10.6. The molecule has 0 atom stereocenters. The lowest BCUT2D eigenvalue weighted by molar-refractivity contribution is 0.143. The van der Waals surface area contributed by atoms with Gasteiger partial charge in [0.2, 0.25) is 0 Å². The average Bonchev–Trinajstić information content (AvgIpc) is 2.30. The number of ether oxygens (including phenoxy) is 1. The van der Waals surface area contributed by atoms with Crippen LogP contribution in [0.5, 0.6) is 0 Å². The van der Waals surface area contributed by atoms with Crippen LogP contribution in [0.25, 0.3) is 0 Å². The Labute approximate surface area is 98.2 Å². The fourth-order valence-corrected chi connectivity index (χ4v) is 1.53. The van der Waals surface area contributed by atoms with E-state index in [1.165, 1.54) is 12.0 Å². The van der Waals surface area contributed by atoms with E-state index in [4.69, 9.17) is 4.74 Å². The summed E-state index contributed by atoms with van der Waals surface area (Å²) < 4.78 is 5.28. The van der Waals surface area contributed by atoms with Crippen molar-refractivity contribution >= 4 is 0 Å². The first-order valence-corrected chi connectivity index (χ1v) is 6.03. The Morgan fingerprint density at radius 2 is 2.25 bits per heavy atom. The van der Waals surface area contributed by atoms with E-state index in [9.17, 15) is 0 Å². The molecule has 0 aromatic carbocycles. The SMILES string of the molecule is CCOCCCCNCc1cccnc1C. The first kappa shape index (κ1) is 13.1. The second kappa shape index (κ2) is 8.25. The molecule has 0 saturated heterocycles. The van der Waals surface area contributed by atoms with Gasteiger partial charge in [-0.3, -0.25) is 4.98 Å². The van der Waals surface area contributed by atoms with Crippen LogP contribution in [-0.4, -0.2) is 24.7 Å². The Balaban J connectivity index is 2.05. The summed E-state index contributed by atoms with van der Waals surface area (Å²) in [6.07, 6.45) is 4.13. The van der Waals surface area contributed by atoms with E-state index < -0.39 is 0 Å². The summed E-state index contributed by atoms with van der Waals surface area (Å²) >= 11 is 0. The molecule has 16 heavy (non-hydrogen) atoms. The van der Waals surface area contributed by atoms with E-state index in [-0.39, 0.29) is 0 Å². The fraction of sp³-hybridized carbons (Fsp3) is 0.615. The Bertz CT molecular complexity index is 289. The maximum atomic E-state index is 5.28. The lowest BCUT2D eigenvalue weighted by Gasteiger charge is -2.06. The zero-order valence-corrected chi connectivity index (χ0v) is 10.3. The minimum atomic E-state index is 0.822. The number of rotatable bonds is 8. The van der Waals surface area contributed by atoms with Crippen LogP contribution in [0.3, 0.4) is 0 Å².